The van der Waals surface area contributed by atoms with Crippen LogP contribution in [0.25, 0.3) is 0 Å². The van der Waals surface area contributed by atoms with Crippen molar-refractivity contribution >= 4 is 11.7 Å². The van der Waals surface area contributed by atoms with Gasteiger partial charge >= 0.3 is 0 Å². The number of rotatable bonds is 12. The first kappa shape index (κ1) is 16.8. The van der Waals surface area contributed by atoms with Crippen molar-refractivity contribution in [3.63, 3.8) is 0 Å². The van der Waals surface area contributed by atoms with E-state index in [0.29, 0.717) is 39.6 Å². The van der Waals surface area contributed by atoms with E-state index in [0.717, 1.165) is 0 Å². The summed E-state index contributed by atoms with van der Waals surface area (Å²) in [5.41, 5.74) is 0. The van der Waals surface area contributed by atoms with Crippen molar-refractivity contribution < 1.29 is 23.8 Å². The molecule has 0 aliphatic carbocycles. The summed E-state index contributed by atoms with van der Waals surface area (Å²) in [5.74, 6) is -0.211. The molecule has 0 radical (unpaired) electrons. The average Bonchev–Trinajstić information content (AvgIpc) is 2.35. The summed E-state index contributed by atoms with van der Waals surface area (Å²) >= 11 is 0. The van der Waals surface area contributed by atoms with Crippen molar-refractivity contribution in [2.45, 2.75) is 6.92 Å². The number of hydrogen-bond donors (Lipinski definition) is 1. The van der Waals surface area contributed by atoms with Gasteiger partial charge in [0.2, 0.25) is 5.91 Å². The van der Waals surface area contributed by atoms with Gasteiger partial charge in [0.1, 0.15) is 6.61 Å². The normalized spacial score (nSPS) is 10.1. The topological polar surface area (TPSA) is 73.9 Å². The van der Waals surface area contributed by atoms with Crippen LogP contribution in [0.5, 0.6) is 0 Å². The zero-order valence-electron chi connectivity index (χ0n) is 10.8. The van der Waals surface area contributed by atoms with Crippen LogP contribution >= 0.6 is 0 Å². The Morgan fingerprint density at radius 3 is 2.17 bits per heavy atom. The molecule has 0 atom stereocenters. The lowest BCUT2D eigenvalue weighted by Crippen LogP contribution is -2.25. The number of nitrogens with one attached hydrogen (secondary N) is 1. The average molecular weight is 259 g/mol. The molecule has 0 fully saturated rings. The molecule has 0 aromatic carbocycles. The molecule has 0 saturated carbocycles. The Kier molecular flexibility index (Phi) is 11.4. The summed E-state index contributed by atoms with van der Waals surface area (Å²) in [5, 5.41) is 2.59. The summed E-state index contributed by atoms with van der Waals surface area (Å²) in [4.78, 5) is 21.3. The molecular weight excluding hydrogens is 238 g/mol. The maximum atomic E-state index is 10.7. The van der Waals surface area contributed by atoms with E-state index in [1.807, 2.05) is 0 Å². The number of ketones is 1. The second kappa shape index (κ2) is 12.2. The molecule has 1 amide bonds. The van der Waals surface area contributed by atoms with Crippen LogP contribution in [0.1, 0.15) is 6.92 Å². The molecule has 1 N–H and O–H groups in total. The first-order chi connectivity index (χ1) is 8.66. The van der Waals surface area contributed by atoms with Gasteiger partial charge in [-0.2, -0.15) is 0 Å². The third kappa shape index (κ3) is 12.8. The van der Waals surface area contributed by atoms with E-state index < -0.39 is 0 Å². The van der Waals surface area contributed by atoms with Crippen molar-refractivity contribution in [1.82, 2.24) is 5.32 Å². The lowest BCUT2D eigenvalue weighted by Gasteiger charge is -2.06. The third-order valence-corrected chi connectivity index (χ3v) is 1.78. The van der Waals surface area contributed by atoms with Crippen LogP contribution in [0, 0.1) is 0 Å². The summed E-state index contributed by atoms with van der Waals surface area (Å²) in [6.45, 7) is 7.56. The molecule has 0 aromatic heterocycles. The van der Waals surface area contributed by atoms with Gasteiger partial charge in [-0.15, -0.1) is 0 Å². The predicted octanol–water partition coefficient (Wildman–Crippen LogP) is -0.0726. The fourth-order valence-corrected chi connectivity index (χ4v) is 0.974. The van der Waals surface area contributed by atoms with E-state index >= 15 is 0 Å². The third-order valence-electron chi connectivity index (χ3n) is 1.78. The van der Waals surface area contributed by atoms with E-state index in [9.17, 15) is 9.59 Å². The molecule has 0 heterocycles. The number of carbonyl (C=O) groups excluding carboxylic acids is 2. The zero-order valence-corrected chi connectivity index (χ0v) is 10.8. The van der Waals surface area contributed by atoms with Crippen molar-refractivity contribution in [3.8, 4) is 0 Å². The van der Waals surface area contributed by atoms with Crippen LogP contribution in [0.15, 0.2) is 12.7 Å². The Morgan fingerprint density at radius 2 is 1.61 bits per heavy atom. The standard InChI is InChI=1S/C12H21NO5/c1-3-12(15)13-4-5-16-6-7-17-8-9-18-10-11(2)14/h3H,1,4-10H2,2H3,(H,13,15). The molecule has 104 valence electrons. The fraction of sp³-hybridized carbons (Fsp3) is 0.667. The van der Waals surface area contributed by atoms with Crippen molar-refractivity contribution in [2.24, 2.45) is 0 Å². The predicted molar refractivity (Wildman–Crippen MR) is 66.3 cm³/mol. The summed E-state index contributed by atoms with van der Waals surface area (Å²) in [6, 6.07) is 0. The Balaban J connectivity index is 3.05. The van der Waals surface area contributed by atoms with Gasteiger partial charge in [-0.1, -0.05) is 6.58 Å². The molecule has 0 saturated heterocycles. The molecule has 6 heteroatoms. The quantitative estimate of drug-likeness (QED) is 0.392. The highest BCUT2D eigenvalue weighted by Gasteiger charge is 1.95. The number of carbonyl (C=O) groups is 2. The largest absolute Gasteiger partial charge is 0.377 e. The van der Waals surface area contributed by atoms with E-state index in [4.69, 9.17) is 14.2 Å². The Morgan fingerprint density at radius 1 is 1.06 bits per heavy atom. The van der Waals surface area contributed by atoms with Gasteiger partial charge in [-0.25, -0.2) is 0 Å². The van der Waals surface area contributed by atoms with Crippen molar-refractivity contribution in [1.29, 1.82) is 0 Å². The minimum atomic E-state index is -0.211. The van der Waals surface area contributed by atoms with Crippen LogP contribution < -0.4 is 5.32 Å². The van der Waals surface area contributed by atoms with Crippen LogP contribution in [-0.2, 0) is 23.8 Å². The summed E-state index contributed by atoms with van der Waals surface area (Å²) < 4.78 is 15.4. The highest BCUT2D eigenvalue weighted by Crippen LogP contribution is 1.81. The number of hydrogen-bond acceptors (Lipinski definition) is 5. The monoisotopic (exact) mass is 259 g/mol. The second-order valence-corrected chi connectivity index (χ2v) is 3.47. The van der Waals surface area contributed by atoms with Gasteiger partial charge in [0.15, 0.2) is 5.78 Å². The summed E-state index contributed by atoms with van der Waals surface area (Å²) in [7, 11) is 0. The van der Waals surface area contributed by atoms with E-state index in [1.165, 1.54) is 13.0 Å². The number of Topliss-reactive ketones (excluding diaryl/α,β-unsaturated/α-hetero) is 1. The van der Waals surface area contributed by atoms with Crippen molar-refractivity contribution in [3.05, 3.63) is 12.7 Å². The fourth-order valence-electron chi connectivity index (χ4n) is 0.974. The highest BCUT2D eigenvalue weighted by atomic mass is 16.5. The first-order valence-electron chi connectivity index (χ1n) is 5.79. The lowest BCUT2D eigenvalue weighted by atomic mass is 10.5. The molecule has 18 heavy (non-hydrogen) atoms. The maximum absolute atomic E-state index is 10.7. The minimum absolute atomic E-state index is 0.0000883. The smallest absolute Gasteiger partial charge is 0.243 e. The SMILES string of the molecule is C=CC(=O)NCCOCCOCCOCC(C)=O. The molecule has 0 aromatic rings. The Hall–Kier alpha value is -1.24. The molecular formula is C12H21NO5. The molecule has 0 aliphatic rings. The highest BCUT2D eigenvalue weighted by molar-refractivity contribution is 5.86. The Bertz CT molecular complexity index is 255. The van der Waals surface area contributed by atoms with Crippen molar-refractivity contribution in [2.75, 3.05) is 46.2 Å². The van der Waals surface area contributed by atoms with Gasteiger partial charge in [-0.3, -0.25) is 9.59 Å². The Labute approximate surface area is 107 Å². The van der Waals surface area contributed by atoms with E-state index in [1.54, 1.807) is 0 Å². The second-order valence-electron chi connectivity index (χ2n) is 3.47. The first-order valence-corrected chi connectivity index (χ1v) is 5.79. The molecule has 0 aliphatic heterocycles. The number of amides is 1. The zero-order chi connectivity index (χ0) is 13.6. The molecule has 6 nitrogen and oxygen atoms in total. The van der Waals surface area contributed by atoms with Gasteiger partial charge in [0, 0.05) is 6.54 Å². The van der Waals surface area contributed by atoms with Gasteiger partial charge in [0.05, 0.1) is 33.0 Å². The van der Waals surface area contributed by atoms with Gasteiger partial charge < -0.3 is 19.5 Å². The minimum Gasteiger partial charge on any atom is -0.377 e. The summed E-state index contributed by atoms with van der Waals surface area (Å²) in [6.07, 6.45) is 1.21. The number of ether oxygens (including phenoxy) is 3. The molecule has 0 rings (SSSR count). The van der Waals surface area contributed by atoms with E-state index in [-0.39, 0.29) is 18.3 Å². The van der Waals surface area contributed by atoms with Gasteiger partial charge in [0.25, 0.3) is 0 Å². The van der Waals surface area contributed by atoms with E-state index in [2.05, 4.69) is 11.9 Å². The lowest BCUT2D eigenvalue weighted by molar-refractivity contribution is -0.122. The molecule has 0 unspecified atom stereocenters. The maximum Gasteiger partial charge on any atom is 0.243 e. The van der Waals surface area contributed by atoms with Crippen LogP contribution in [0.3, 0.4) is 0 Å². The van der Waals surface area contributed by atoms with Crippen LogP contribution in [-0.4, -0.2) is 57.9 Å². The molecule has 0 spiro atoms. The van der Waals surface area contributed by atoms with Crippen LogP contribution in [0.2, 0.25) is 0 Å². The van der Waals surface area contributed by atoms with Crippen LogP contribution in [0.4, 0.5) is 0 Å². The van der Waals surface area contributed by atoms with Gasteiger partial charge in [-0.05, 0) is 13.0 Å². The molecule has 0 bridgehead atoms.